The molecule has 0 aliphatic heterocycles. The zero-order chi connectivity index (χ0) is 19.1. The molecule has 8 heteroatoms. The SMILES string of the molecule is Cc1cc(NC(=O)c2cccc(Cl)c2)n(-c2nc3c(C)ccc(Cl)c3s2)n1. The van der Waals surface area contributed by atoms with Crippen molar-refractivity contribution in [1.82, 2.24) is 14.8 Å². The summed E-state index contributed by atoms with van der Waals surface area (Å²) in [6.45, 7) is 3.84. The van der Waals surface area contributed by atoms with Crippen LogP contribution in [0.15, 0.2) is 42.5 Å². The van der Waals surface area contributed by atoms with Crippen LogP contribution in [0, 0.1) is 13.8 Å². The molecule has 1 amide bonds. The molecular formula is C19H14Cl2N4OS. The van der Waals surface area contributed by atoms with E-state index in [0.29, 0.717) is 26.6 Å². The fraction of sp³-hybridized carbons (Fsp3) is 0.105. The van der Waals surface area contributed by atoms with Crippen molar-refractivity contribution < 1.29 is 4.79 Å². The van der Waals surface area contributed by atoms with Gasteiger partial charge in [-0.3, -0.25) is 4.79 Å². The first-order chi connectivity index (χ1) is 12.9. The number of benzene rings is 2. The quantitative estimate of drug-likeness (QED) is 0.468. The number of nitrogens with one attached hydrogen (secondary N) is 1. The second-order valence-electron chi connectivity index (χ2n) is 6.09. The van der Waals surface area contributed by atoms with Gasteiger partial charge in [0.2, 0.25) is 5.13 Å². The van der Waals surface area contributed by atoms with Crippen LogP contribution in [0.3, 0.4) is 0 Å². The third-order valence-corrected chi connectivity index (χ3v) is 5.75. The number of carbonyl (C=O) groups excluding carboxylic acids is 1. The van der Waals surface area contributed by atoms with E-state index in [1.165, 1.54) is 11.3 Å². The molecule has 2 heterocycles. The van der Waals surface area contributed by atoms with Crippen molar-refractivity contribution in [2.24, 2.45) is 0 Å². The molecule has 0 radical (unpaired) electrons. The lowest BCUT2D eigenvalue weighted by atomic mass is 10.2. The molecular weight excluding hydrogens is 403 g/mol. The highest BCUT2D eigenvalue weighted by Gasteiger charge is 2.17. The molecule has 0 aliphatic carbocycles. The van der Waals surface area contributed by atoms with Gasteiger partial charge < -0.3 is 5.32 Å². The lowest BCUT2D eigenvalue weighted by molar-refractivity contribution is 0.102. The Morgan fingerprint density at radius 3 is 2.70 bits per heavy atom. The lowest BCUT2D eigenvalue weighted by Crippen LogP contribution is -2.15. The first-order valence-corrected chi connectivity index (χ1v) is 9.69. The number of carbonyl (C=O) groups is 1. The topological polar surface area (TPSA) is 59.8 Å². The van der Waals surface area contributed by atoms with Crippen LogP contribution in [0.2, 0.25) is 10.0 Å². The van der Waals surface area contributed by atoms with Gasteiger partial charge in [-0.2, -0.15) is 9.78 Å². The van der Waals surface area contributed by atoms with E-state index >= 15 is 0 Å². The maximum atomic E-state index is 12.6. The average Bonchev–Trinajstić information content (AvgIpc) is 3.23. The first kappa shape index (κ1) is 18.0. The Kier molecular flexibility index (Phi) is 4.63. The number of rotatable bonds is 3. The summed E-state index contributed by atoms with van der Waals surface area (Å²) in [7, 11) is 0. The van der Waals surface area contributed by atoms with Crippen LogP contribution < -0.4 is 5.32 Å². The molecule has 0 bridgehead atoms. The van der Waals surface area contributed by atoms with E-state index in [1.54, 1.807) is 35.0 Å². The number of thiazole rings is 1. The molecule has 0 fully saturated rings. The van der Waals surface area contributed by atoms with E-state index < -0.39 is 0 Å². The molecule has 5 nitrogen and oxygen atoms in total. The Labute approximate surface area is 169 Å². The highest BCUT2D eigenvalue weighted by molar-refractivity contribution is 7.21. The van der Waals surface area contributed by atoms with Crippen LogP contribution in [0.25, 0.3) is 15.3 Å². The number of aryl methyl sites for hydroxylation is 2. The maximum absolute atomic E-state index is 12.6. The Morgan fingerprint density at radius 1 is 1.15 bits per heavy atom. The van der Waals surface area contributed by atoms with E-state index in [-0.39, 0.29) is 5.91 Å². The minimum Gasteiger partial charge on any atom is -0.306 e. The normalized spacial score (nSPS) is 11.1. The molecule has 136 valence electrons. The van der Waals surface area contributed by atoms with Crippen LogP contribution in [0.4, 0.5) is 5.82 Å². The molecule has 4 aromatic rings. The number of nitrogens with zero attached hydrogens (tertiary/aromatic N) is 3. The molecule has 2 aromatic carbocycles. The van der Waals surface area contributed by atoms with Crippen LogP contribution in [-0.4, -0.2) is 20.7 Å². The summed E-state index contributed by atoms with van der Waals surface area (Å²) in [5.74, 6) is 0.263. The van der Waals surface area contributed by atoms with Crippen molar-refractivity contribution >= 4 is 56.5 Å². The Balaban J connectivity index is 1.74. The van der Waals surface area contributed by atoms with Crippen LogP contribution in [-0.2, 0) is 0 Å². The molecule has 0 spiro atoms. The number of fused-ring (bicyclic) bond motifs is 1. The van der Waals surface area contributed by atoms with Gasteiger partial charge >= 0.3 is 0 Å². The standard InChI is InChI=1S/C19H14Cl2N4OS/c1-10-6-7-14(21)17-16(10)23-19(27-17)25-15(8-11(2)24-25)22-18(26)12-4-3-5-13(20)9-12/h3-9H,1-2H3,(H,22,26). The molecule has 1 N–H and O–H groups in total. The zero-order valence-corrected chi connectivity index (χ0v) is 16.8. The van der Waals surface area contributed by atoms with Gasteiger partial charge in [0.1, 0.15) is 5.82 Å². The molecule has 0 aliphatic rings. The number of amides is 1. The van der Waals surface area contributed by atoms with Crippen molar-refractivity contribution in [3.8, 4) is 5.13 Å². The molecule has 0 saturated carbocycles. The van der Waals surface area contributed by atoms with Crippen molar-refractivity contribution in [1.29, 1.82) is 0 Å². The van der Waals surface area contributed by atoms with Crippen molar-refractivity contribution in [2.45, 2.75) is 13.8 Å². The van der Waals surface area contributed by atoms with Gasteiger partial charge in [0, 0.05) is 16.7 Å². The third kappa shape index (κ3) is 3.43. The second-order valence-corrected chi connectivity index (χ2v) is 7.91. The van der Waals surface area contributed by atoms with Crippen LogP contribution in [0.5, 0.6) is 0 Å². The Bertz CT molecular complexity index is 1140. The van der Waals surface area contributed by atoms with E-state index in [0.717, 1.165) is 21.5 Å². The highest BCUT2D eigenvalue weighted by Crippen LogP contribution is 2.34. The maximum Gasteiger partial charge on any atom is 0.256 e. The van der Waals surface area contributed by atoms with Gasteiger partial charge in [-0.15, -0.1) is 0 Å². The van der Waals surface area contributed by atoms with Crippen molar-refractivity contribution in [3.05, 3.63) is 69.3 Å². The fourth-order valence-corrected chi connectivity index (χ4v) is 4.21. The van der Waals surface area contributed by atoms with Crippen LogP contribution >= 0.6 is 34.5 Å². The van der Waals surface area contributed by atoms with Gasteiger partial charge in [-0.05, 0) is 43.7 Å². The molecule has 4 rings (SSSR count). The average molecular weight is 417 g/mol. The van der Waals surface area contributed by atoms with Crippen molar-refractivity contribution in [2.75, 3.05) is 5.32 Å². The molecule has 2 aromatic heterocycles. The number of anilines is 1. The molecule has 0 atom stereocenters. The number of halogens is 2. The summed E-state index contributed by atoms with van der Waals surface area (Å²) in [6.07, 6.45) is 0. The summed E-state index contributed by atoms with van der Waals surface area (Å²) >= 11 is 13.7. The highest BCUT2D eigenvalue weighted by atomic mass is 35.5. The summed E-state index contributed by atoms with van der Waals surface area (Å²) in [6, 6.07) is 12.4. The van der Waals surface area contributed by atoms with Crippen molar-refractivity contribution in [3.63, 3.8) is 0 Å². The summed E-state index contributed by atoms with van der Waals surface area (Å²) in [4.78, 5) is 17.3. The van der Waals surface area contributed by atoms with E-state index in [2.05, 4.69) is 15.4 Å². The molecule has 0 saturated heterocycles. The Hall–Kier alpha value is -2.41. The lowest BCUT2D eigenvalue weighted by Gasteiger charge is -2.06. The predicted molar refractivity (Wildman–Crippen MR) is 111 cm³/mol. The second kappa shape index (κ2) is 6.96. The van der Waals surface area contributed by atoms with Gasteiger partial charge in [-0.1, -0.05) is 46.7 Å². The number of aromatic nitrogens is 3. The van der Waals surface area contributed by atoms with Gasteiger partial charge in [0.15, 0.2) is 0 Å². The molecule has 0 unspecified atom stereocenters. The van der Waals surface area contributed by atoms with Gasteiger partial charge in [0.05, 0.1) is 20.9 Å². The first-order valence-electron chi connectivity index (χ1n) is 8.12. The monoisotopic (exact) mass is 416 g/mol. The fourth-order valence-electron chi connectivity index (χ4n) is 2.73. The zero-order valence-electron chi connectivity index (χ0n) is 14.5. The minimum absolute atomic E-state index is 0.269. The van der Waals surface area contributed by atoms with E-state index in [9.17, 15) is 4.79 Å². The number of hydrogen-bond acceptors (Lipinski definition) is 4. The van der Waals surface area contributed by atoms with Gasteiger partial charge in [0.25, 0.3) is 5.91 Å². The predicted octanol–water partition coefficient (Wildman–Crippen LogP) is 5.66. The van der Waals surface area contributed by atoms with E-state index in [4.69, 9.17) is 23.2 Å². The summed E-state index contributed by atoms with van der Waals surface area (Å²) in [5, 5.41) is 9.15. The third-order valence-electron chi connectivity index (χ3n) is 4.03. The minimum atomic E-state index is -0.269. The summed E-state index contributed by atoms with van der Waals surface area (Å²) in [5.41, 5.74) is 3.10. The van der Waals surface area contributed by atoms with Gasteiger partial charge in [-0.25, -0.2) is 4.98 Å². The summed E-state index contributed by atoms with van der Waals surface area (Å²) < 4.78 is 2.52. The Morgan fingerprint density at radius 2 is 1.96 bits per heavy atom. The number of hydrogen-bond donors (Lipinski definition) is 1. The van der Waals surface area contributed by atoms with E-state index in [1.807, 2.05) is 26.0 Å². The largest absolute Gasteiger partial charge is 0.306 e. The molecule has 27 heavy (non-hydrogen) atoms. The smallest absolute Gasteiger partial charge is 0.256 e. The van der Waals surface area contributed by atoms with Crippen LogP contribution in [0.1, 0.15) is 21.6 Å².